The van der Waals surface area contributed by atoms with Gasteiger partial charge in [0.25, 0.3) is 0 Å². The van der Waals surface area contributed by atoms with E-state index in [4.69, 9.17) is 0 Å². The molecule has 0 radical (unpaired) electrons. The molecule has 7 nitrogen and oxygen atoms in total. The lowest BCUT2D eigenvalue weighted by Crippen LogP contribution is -2.46. The first-order valence-corrected chi connectivity index (χ1v) is 9.37. The van der Waals surface area contributed by atoms with Crippen molar-refractivity contribution in [2.24, 2.45) is 0 Å². The molecule has 1 fully saturated rings. The van der Waals surface area contributed by atoms with Crippen molar-refractivity contribution >= 4 is 5.82 Å². The summed E-state index contributed by atoms with van der Waals surface area (Å²) in [4.78, 5) is 16.1. The predicted molar refractivity (Wildman–Crippen MR) is 102 cm³/mol. The van der Waals surface area contributed by atoms with Crippen LogP contribution >= 0.6 is 0 Å². The molecule has 10 heteroatoms. The molecule has 1 aliphatic heterocycles. The Morgan fingerprint density at radius 2 is 1.83 bits per heavy atom. The SMILES string of the molecule is Cc1nc(-c2[nH]ncc2CN2CCN(c3ccc(C(F)(F)F)cn3)CC2)[nH]c1C. The van der Waals surface area contributed by atoms with Crippen molar-refractivity contribution in [2.45, 2.75) is 26.6 Å². The molecule has 1 saturated heterocycles. The van der Waals surface area contributed by atoms with E-state index in [-0.39, 0.29) is 0 Å². The molecule has 0 saturated carbocycles. The summed E-state index contributed by atoms with van der Waals surface area (Å²) in [6, 6.07) is 2.52. The van der Waals surface area contributed by atoms with Crippen LogP contribution in [0, 0.1) is 13.8 Å². The van der Waals surface area contributed by atoms with Crippen LogP contribution in [-0.4, -0.2) is 56.2 Å². The third-order valence-corrected chi connectivity index (χ3v) is 5.25. The summed E-state index contributed by atoms with van der Waals surface area (Å²) in [5, 5.41) is 7.19. The van der Waals surface area contributed by atoms with E-state index in [0.717, 1.165) is 60.4 Å². The number of hydrogen-bond acceptors (Lipinski definition) is 5. The molecular weight excluding hydrogens is 383 g/mol. The Morgan fingerprint density at radius 3 is 2.41 bits per heavy atom. The number of pyridine rings is 1. The number of imidazole rings is 1. The van der Waals surface area contributed by atoms with E-state index in [1.807, 2.05) is 24.9 Å². The summed E-state index contributed by atoms with van der Waals surface area (Å²) in [6.07, 6.45) is -1.66. The summed E-state index contributed by atoms with van der Waals surface area (Å²) >= 11 is 0. The van der Waals surface area contributed by atoms with Gasteiger partial charge in [-0.1, -0.05) is 0 Å². The van der Waals surface area contributed by atoms with Crippen molar-refractivity contribution in [3.05, 3.63) is 47.0 Å². The number of anilines is 1. The zero-order chi connectivity index (χ0) is 20.6. The number of hydrogen-bond donors (Lipinski definition) is 2. The second-order valence-corrected chi connectivity index (χ2v) is 7.23. The smallest absolute Gasteiger partial charge is 0.354 e. The molecule has 3 aromatic heterocycles. The van der Waals surface area contributed by atoms with Crippen LogP contribution in [0.3, 0.4) is 0 Å². The van der Waals surface area contributed by atoms with Crippen LogP contribution in [-0.2, 0) is 12.7 Å². The summed E-state index contributed by atoms with van der Waals surface area (Å²) in [5.41, 5.74) is 3.19. The number of H-pyrrole nitrogens is 2. The van der Waals surface area contributed by atoms with Gasteiger partial charge in [-0.3, -0.25) is 10.00 Å². The predicted octanol–water partition coefficient (Wildman–Crippen LogP) is 3.15. The average molecular weight is 405 g/mol. The standard InChI is InChI=1S/C19H22F3N7/c1-12-13(2)26-18(25-12)17-14(9-24-27-17)11-28-5-7-29(8-6-28)16-4-3-15(10-23-16)19(20,21)22/h3-4,9-10H,5-8,11H2,1-2H3,(H,24,27)(H,25,26). The second-order valence-electron chi connectivity index (χ2n) is 7.23. The Labute approximate surface area is 166 Å². The lowest BCUT2D eigenvalue weighted by atomic mass is 10.2. The fourth-order valence-corrected chi connectivity index (χ4v) is 3.42. The van der Waals surface area contributed by atoms with Gasteiger partial charge in [0.1, 0.15) is 11.5 Å². The first kappa shape index (κ1) is 19.4. The highest BCUT2D eigenvalue weighted by Gasteiger charge is 2.31. The number of alkyl halides is 3. The minimum absolute atomic E-state index is 0.572. The van der Waals surface area contributed by atoms with Gasteiger partial charge in [-0.15, -0.1) is 0 Å². The molecule has 2 N–H and O–H groups in total. The minimum Gasteiger partial charge on any atom is -0.354 e. The number of halogens is 3. The Hall–Kier alpha value is -2.88. The molecule has 4 heterocycles. The largest absolute Gasteiger partial charge is 0.417 e. The molecule has 1 aliphatic rings. The third kappa shape index (κ3) is 4.12. The second kappa shape index (κ2) is 7.51. The van der Waals surface area contributed by atoms with Gasteiger partial charge in [0.15, 0.2) is 5.82 Å². The van der Waals surface area contributed by atoms with E-state index in [9.17, 15) is 13.2 Å². The van der Waals surface area contributed by atoms with Gasteiger partial charge < -0.3 is 9.88 Å². The van der Waals surface area contributed by atoms with Crippen molar-refractivity contribution in [3.8, 4) is 11.5 Å². The van der Waals surface area contributed by atoms with Crippen LogP contribution in [0.25, 0.3) is 11.5 Å². The number of aryl methyl sites for hydroxylation is 2. The minimum atomic E-state index is -4.36. The van der Waals surface area contributed by atoms with Crippen LogP contribution in [0.1, 0.15) is 22.5 Å². The van der Waals surface area contributed by atoms with Crippen molar-refractivity contribution in [2.75, 3.05) is 31.1 Å². The van der Waals surface area contributed by atoms with Crippen molar-refractivity contribution < 1.29 is 13.2 Å². The van der Waals surface area contributed by atoms with Crippen molar-refractivity contribution in [1.82, 2.24) is 30.0 Å². The van der Waals surface area contributed by atoms with E-state index < -0.39 is 11.7 Å². The Morgan fingerprint density at radius 1 is 1.07 bits per heavy atom. The number of piperazine rings is 1. The van der Waals surface area contributed by atoms with Gasteiger partial charge in [-0.05, 0) is 26.0 Å². The van der Waals surface area contributed by atoms with Gasteiger partial charge in [0.2, 0.25) is 0 Å². The van der Waals surface area contributed by atoms with Crippen LogP contribution < -0.4 is 4.90 Å². The number of aromatic amines is 2. The molecule has 4 rings (SSSR count). The lowest BCUT2D eigenvalue weighted by Gasteiger charge is -2.35. The third-order valence-electron chi connectivity index (χ3n) is 5.25. The number of nitrogens with one attached hydrogen (secondary N) is 2. The van der Waals surface area contributed by atoms with Crippen molar-refractivity contribution in [1.29, 1.82) is 0 Å². The van der Waals surface area contributed by atoms with Crippen molar-refractivity contribution in [3.63, 3.8) is 0 Å². The maximum atomic E-state index is 12.7. The molecule has 0 aliphatic carbocycles. The first-order chi connectivity index (χ1) is 13.8. The van der Waals surface area contributed by atoms with Gasteiger partial charge in [-0.2, -0.15) is 18.3 Å². The highest BCUT2D eigenvalue weighted by molar-refractivity contribution is 5.55. The molecule has 0 atom stereocenters. The molecule has 154 valence electrons. The lowest BCUT2D eigenvalue weighted by molar-refractivity contribution is -0.137. The van der Waals surface area contributed by atoms with E-state index in [2.05, 4.69) is 30.0 Å². The Balaban J connectivity index is 1.38. The molecule has 0 spiro atoms. The van der Waals surface area contributed by atoms with Gasteiger partial charge in [0.05, 0.1) is 17.5 Å². The van der Waals surface area contributed by atoms with Gasteiger partial charge in [0, 0.05) is 50.2 Å². The average Bonchev–Trinajstić information content (AvgIpc) is 3.28. The normalized spacial score (nSPS) is 15.8. The van der Waals surface area contributed by atoms with Crippen LogP contribution in [0.4, 0.5) is 19.0 Å². The van der Waals surface area contributed by atoms with E-state index in [1.165, 1.54) is 6.07 Å². The highest BCUT2D eigenvalue weighted by atomic mass is 19.4. The summed E-state index contributed by atoms with van der Waals surface area (Å²) in [5.74, 6) is 1.35. The van der Waals surface area contributed by atoms with E-state index >= 15 is 0 Å². The highest BCUT2D eigenvalue weighted by Crippen LogP contribution is 2.29. The van der Waals surface area contributed by atoms with E-state index in [1.54, 1.807) is 0 Å². The zero-order valence-electron chi connectivity index (χ0n) is 16.2. The maximum absolute atomic E-state index is 12.7. The Kier molecular flexibility index (Phi) is 5.03. The summed E-state index contributed by atoms with van der Waals surface area (Å²) in [7, 11) is 0. The summed E-state index contributed by atoms with van der Waals surface area (Å²) in [6.45, 7) is 7.62. The summed E-state index contributed by atoms with van der Waals surface area (Å²) < 4.78 is 38.1. The fourth-order valence-electron chi connectivity index (χ4n) is 3.42. The topological polar surface area (TPSA) is 76.7 Å². The zero-order valence-corrected chi connectivity index (χ0v) is 16.2. The van der Waals surface area contributed by atoms with Gasteiger partial charge in [-0.25, -0.2) is 9.97 Å². The van der Waals surface area contributed by atoms with Crippen LogP contribution in [0.2, 0.25) is 0 Å². The molecular formula is C19H22F3N7. The molecule has 0 unspecified atom stereocenters. The molecule has 0 amide bonds. The molecule has 3 aromatic rings. The number of aromatic nitrogens is 5. The molecule has 0 bridgehead atoms. The Bertz CT molecular complexity index is 947. The fraction of sp³-hybridized carbons (Fsp3) is 0.421. The quantitative estimate of drug-likeness (QED) is 0.697. The maximum Gasteiger partial charge on any atom is 0.417 e. The van der Waals surface area contributed by atoms with Gasteiger partial charge >= 0.3 is 6.18 Å². The molecule has 0 aromatic carbocycles. The number of nitrogens with zero attached hydrogens (tertiary/aromatic N) is 5. The molecule has 29 heavy (non-hydrogen) atoms. The number of rotatable bonds is 4. The first-order valence-electron chi connectivity index (χ1n) is 9.37. The van der Waals surface area contributed by atoms with Crippen LogP contribution in [0.15, 0.2) is 24.5 Å². The van der Waals surface area contributed by atoms with Crippen LogP contribution in [0.5, 0.6) is 0 Å². The van der Waals surface area contributed by atoms with E-state index in [0.29, 0.717) is 18.9 Å². The monoisotopic (exact) mass is 405 g/mol.